The third-order valence-corrected chi connectivity index (χ3v) is 16.7. The third kappa shape index (κ3) is 70.8. The molecule has 0 spiro atoms. The van der Waals surface area contributed by atoms with Gasteiger partial charge in [-0.05, 0) is 116 Å². The molecule has 5 atom stereocenters. The summed E-state index contributed by atoms with van der Waals surface area (Å²) in [7, 11) is -10.0. The van der Waals surface area contributed by atoms with Crippen LogP contribution in [0.2, 0.25) is 0 Å². The lowest BCUT2D eigenvalue weighted by atomic mass is 10.1. The van der Waals surface area contributed by atoms with Crippen molar-refractivity contribution >= 4 is 39.5 Å². The maximum atomic E-state index is 13.1. The van der Waals surface area contributed by atoms with Crippen molar-refractivity contribution in [3.63, 3.8) is 0 Å². The average Bonchev–Trinajstić information content (AvgIpc) is 0.945. The molecule has 566 valence electrons. The Bertz CT molecular complexity index is 2570. The van der Waals surface area contributed by atoms with Gasteiger partial charge in [0, 0.05) is 12.8 Å². The fourth-order valence-corrected chi connectivity index (χ4v) is 10.8. The maximum Gasteiger partial charge on any atom is 0.472 e. The van der Waals surface area contributed by atoms with E-state index in [4.69, 9.17) is 37.0 Å². The number of rotatable bonds is 68. The van der Waals surface area contributed by atoms with E-state index in [1.807, 2.05) is 30.4 Å². The second kappa shape index (κ2) is 71.8. The number of carbonyl (C=O) groups excluding carboxylic acids is 4. The lowest BCUT2D eigenvalue weighted by Crippen LogP contribution is -2.30. The molecule has 0 aliphatic carbocycles. The second-order valence-electron chi connectivity index (χ2n) is 24.1. The van der Waals surface area contributed by atoms with E-state index < -0.39 is 97.5 Å². The van der Waals surface area contributed by atoms with E-state index in [9.17, 15) is 43.2 Å². The van der Waals surface area contributed by atoms with Gasteiger partial charge in [-0.2, -0.15) is 0 Å². The van der Waals surface area contributed by atoms with Crippen LogP contribution in [0.15, 0.2) is 170 Å². The summed E-state index contributed by atoms with van der Waals surface area (Å²) in [5, 5.41) is 10.6. The molecule has 0 aromatic rings. The van der Waals surface area contributed by atoms with Gasteiger partial charge in [0.2, 0.25) is 0 Å². The van der Waals surface area contributed by atoms with Crippen LogP contribution in [0.4, 0.5) is 0 Å². The maximum absolute atomic E-state index is 13.1. The summed E-state index contributed by atoms with van der Waals surface area (Å²) in [5.74, 6) is -2.50. The Kier molecular flexibility index (Phi) is 67.8. The summed E-state index contributed by atoms with van der Waals surface area (Å²) >= 11 is 0. The number of unbranched alkanes of at least 4 members (excludes halogenated alkanes) is 16. The number of hydrogen-bond donors (Lipinski definition) is 3. The van der Waals surface area contributed by atoms with Gasteiger partial charge in [0.1, 0.15) is 19.3 Å². The SMILES string of the molecule is CC/C=C\C/C=C\C/C=C\C/C=C\C/C=C\CC(=O)OCC(COP(=O)(O)OCC(O)COP(=O)(O)OCC(COC(=O)CCCCCCCC/C=C\C/C=C\C/C=C\C/C=C\CC)OC(=O)C/C=C\C/C=C\C/C=C\C/C=C\C/C=C\CC)OC(=O)CCCCCCCCCCCCC. The van der Waals surface area contributed by atoms with Crippen molar-refractivity contribution in [1.82, 2.24) is 0 Å². The molecule has 0 heterocycles. The summed E-state index contributed by atoms with van der Waals surface area (Å²) in [4.78, 5) is 72.6. The van der Waals surface area contributed by atoms with Crippen LogP contribution < -0.4 is 0 Å². The largest absolute Gasteiger partial charge is 0.472 e. The highest BCUT2D eigenvalue weighted by Gasteiger charge is 2.30. The Morgan fingerprint density at radius 2 is 0.570 bits per heavy atom. The lowest BCUT2D eigenvalue weighted by molar-refractivity contribution is -0.160. The fourth-order valence-electron chi connectivity index (χ4n) is 9.18. The molecule has 100 heavy (non-hydrogen) atoms. The number of carbonyl (C=O) groups is 4. The van der Waals surface area contributed by atoms with Crippen LogP contribution in [0, 0.1) is 0 Å². The van der Waals surface area contributed by atoms with Gasteiger partial charge in [-0.25, -0.2) is 9.13 Å². The van der Waals surface area contributed by atoms with Crippen molar-refractivity contribution in [2.75, 3.05) is 39.6 Å². The molecule has 17 nitrogen and oxygen atoms in total. The van der Waals surface area contributed by atoms with Gasteiger partial charge in [-0.3, -0.25) is 37.3 Å². The molecule has 0 aliphatic heterocycles. The van der Waals surface area contributed by atoms with E-state index in [1.54, 1.807) is 18.2 Å². The highest BCUT2D eigenvalue weighted by Crippen LogP contribution is 2.45. The Labute approximate surface area is 603 Å². The lowest BCUT2D eigenvalue weighted by Gasteiger charge is -2.21. The molecule has 0 saturated carbocycles. The van der Waals surface area contributed by atoms with Crippen LogP contribution in [-0.4, -0.2) is 96.7 Å². The van der Waals surface area contributed by atoms with E-state index in [0.717, 1.165) is 141 Å². The van der Waals surface area contributed by atoms with E-state index in [-0.39, 0.29) is 25.7 Å². The molecular weight excluding hydrogens is 1310 g/mol. The summed E-state index contributed by atoms with van der Waals surface area (Å²) < 4.78 is 68.1. The average molecular weight is 1440 g/mol. The number of hydrogen-bond acceptors (Lipinski definition) is 15. The summed E-state index contributed by atoms with van der Waals surface area (Å²) in [5.41, 5.74) is 0. The number of phosphoric ester groups is 2. The topological polar surface area (TPSA) is 237 Å². The first kappa shape index (κ1) is 94.4. The quantitative estimate of drug-likeness (QED) is 0.0169. The Balaban J connectivity index is 5.48. The predicted octanol–water partition coefficient (Wildman–Crippen LogP) is 21.4. The Morgan fingerprint density at radius 3 is 0.930 bits per heavy atom. The Hall–Kier alpha value is -5.58. The molecule has 0 rings (SSSR count). The highest BCUT2D eigenvalue weighted by atomic mass is 31.2. The van der Waals surface area contributed by atoms with E-state index >= 15 is 0 Å². The van der Waals surface area contributed by atoms with Crippen LogP contribution in [0.1, 0.15) is 259 Å². The second-order valence-corrected chi connectivity index (χ2v) is 27.0. The van der Waals surface area contributed by atoms with Crippen molar-refractivity contribution in [3.05, 3.63) is 170 Å². The Morgan fingerprint density at radius 1 is 0.300 bits per heavy atom. The first-order valence-corrected chi connectivity index (χ1v) is 40.4. The standard InChI is InChI=1S/C81H130O17P2/c1-5-9-13-17-21-25-29-32-35-36-37-38-41-43-47-50-54-58-62-66-79(84)92-72-77(98-81(86)68-64-60-56-52-48-44-40-34-31-27-23-19-15-11-7-3)74-96-100(89,90)94-70-75(82)69-93-99(87,88)95-73-76(97-80(85)67-63-59-55-51-45-28-24-20-16-12-8-4)71-91-78(83)65-61-57-53-49-46-42-39-33-30-26-22-18-14-10-6-2/h9-11,13-15,21-23,25-27,32-35,37-40,46,48-49,52,57,60-61,64,75-77,82H,5-8,12,16-20,24,28-31,36,41-45,47,50-51,53-56,58-59,62-63,65-74H2,1-4H3,(H,87,88)(H,89,90)/b13-9-,14-10-,15-11-,25-21-,26-22-,27-23-,35-32-,38-37-,39-33-,40-34-,49-46-,52-48-,61-57-,64-60-. The zero-order valence-corrected chi connectivity index (χ0v) is 63.3. The third-order valence-electron chi connectivity index (χ3n) is 14.8. The highest BCUT2D eigenvalue weighted by molar-refractivity contribution is 7.47. The minimum absolute atomic E-state index is 0.0698. The van der Waals surface area contributed by atoms with Crippen LogP contribution in [0.25, 0.3) is 0 Å². The zero-order chi connectivity index (χ0) is 73.2. The van der Waals surface area contributed by atoms with Gasteiger partial charge in [0.05, 0.1) is 39.3 Å². The molecule has 0 aromatic carbocycles. The van der Waals surface area contributed by atoms with Crippen molar-refractivity contribution in [3.8, 4) is 0 Å². The van der Waals surface area contributed by atoms with Gasteiger partial charge < -0.3 is 33.8 Å². The normalized spacial score (nSPS) is 14.9. The van der Waals surface area contributed by atoms with Crippen LogP contribution >= 0.6 is 15.6 Å². The number of ether oxygens (including phenoxy) is 4. The molecule has 0 radical (unpaired) electrons. The molecule has 0 fully saturated rings. The fraction of sp³-hybridized carbons (Fsp3) is 0.605. The molecular formula is C81H130O17P2. The number of phosphoric acid groups is 2. The monoisotopic (exact) mass is 1440 g/mol. The van der Waals surface area contributed by atoms with Crippen molar-refractivity contribution in [1.29, 1.82) is 0 Å². The molecule has 3 N–H and O–H groups in total. The number of aliphatic hydroxyl groups is 1. The van der Waals surface area contributed by atoms with E-state index in [1.165, 1.54) is 38.5 Å². The molecule has 0 aromatic heterocycles. The van der Waals surface area contributed by atoms with Gasteiger partial charge in [0.15, 0.2) is 12.2 Å². The first-order valence-electron chi connectivity index (χ1n) is 37.4. The minimum Gasteiger partial charge on any atom is -0.462 e. The smallest absolute Gasteiger partial charge is 0.462 e. The van der Waals surface area contributed by atoms with E-state index in [2.05, 4.69) is 149 Å². The number of esters is 4. The van der Waals surface area contributed by atoms with Crippen LogP contribution in [0.3, 0.4) is 0 Å². The van der Waals surface area contributed by atoms with Gasteiger partial charge in [0.25, 0.3) is 0 Å². The van der Waals surface area contributed by atoms with Gasteiger partial charge in [-0.15, -0.1) is 0 Å². The minimum atomic E-state index is -5.01. The summed E-state index contributed by atoms with van der Waals surface area (Å²) in [6, 6.07) is 0. The van der Waals surface area contributed by atoms with Gasteiger partial charge >= 0.3 is 39.5 Å². The molecule has 19 heteroatoms. The molecule has 0 aliphatic rings. The first-order chi connectivity index (χ1) is 48.7. The van der Waals surface area contributed by atoms with Gasteiger partial charge in [-0.1, -0.05) is 288 Å². The molecule has 0 amide bonds. The number of aliphatic hydroxyl groups excluding tert-OH is 1. The predicted molar refractivity (Wildman–Crippen MR) is 408 cm³/mol. The summed E-state index contributed by atoms with van der Waals surface area (Å²) in [6.45, 7) is 4.24. The van der Waals surface area contributed by atoms with Crippen molar-refractivity contribution < 1.29 is 80.2 Å². The van der Waals surface area contributed by atoms with Crippen LogP contribution in [-0.2, 0) is 65.4 Å². The summed E-state index contributed by atoms with van der Waals surface area (Å²) in [6.07, 6.45) is 84.2. The van der Waals surface area contributed by atoms with Crippen molar-refractivity contribution in [2.45, 2.75) is 277 Å². The van der Waals surface area contributed by atoms with Crippen LogP contribution in [0.5, 0.6) is 0 Å². The zero-order valence-electron chi connectivity index (χ0n) is 61.5. The molecule has 5 unspecified atom stereocenters. The van der Waals surface area contributed by atoms with Crippen molar-refractivity contribution in [2.24, 2.45) is 0 Å². The molecule has 0 saturated heterocycles. The molecule has 0 bridgehead atoms. The number of allylic oxidation sites excluding steroid dienone is 26. The van der Waals surface area contributed by atoms with E-state index in [0.29, 0.717) is 25.7 Å².